The normalized spacial score (nSPS) is 10.1. The van der Waals surface area contributed by atoms with Gasteiger partial charge in [0.05, 0.1) is 0 Å². The van der Waals surface area contributed by atoms with Crippen LogP contribution in [0.5, 0.6) is 5.75 Å². The van der Waals surface area contributed by atoms with Crippen LogP contribution in [-0.2, 0) is 0 Å². The summed E-state index contributed by atoms with van der Waals surface area (Å²) in [4.78, 5) is 4.10. The summed E-state index contributed by atoms with van der Waals surface area (Å²) in [5.41, 5.74) is 1.44. The number of phenols is 1. The molecule has 0 saturated heterocycles. The number of H-pyrrole nitrogens is 1. The highest BCUT2D eigenvalue weighted by molar-refractivity contribution is 7.71. The number of rotatable bonds is 2. The quantitative estimate of drug-likeness (QED) is 0.695. The van der Waals surface area contributed by atoms with Gasteiger partial charge in [0.2, 0.25) is 4.77 Å². The second-order valence-corrected chi connectivity index (χ2v) is 3.64. The first-order chi connectivity index (χ1) is 7.65. The predicted octanol–water partition coefficient (Wildman–Crippen LogP) is 2.29. The van der Waals surface area contributed by atoms with Crippen LogP contribution in [-0.4, -0.2) is 20.3 Å². The molecule has 0 aliphatic heterocycles. The van der Waals surface area contributed by atoms with Gasteiger partial charge < -0.3 is 10.4 Å². The lowest BCUT2D eigenvalue weighted by atomic mass is 10.3. The summed E-state index contributed by atoms with van der Waals surface area (Å²) in [5, 5.41) is 18.9. The van der Waals surface area contributed by atoms with Crippen LogP contribution in [0, 0.1) is 11.7 Å². The van der Waals surface area contributed by atoms with E-state index in [1.165, 1.54) is 0 Å². The molecule has 16 heavy (non-hydrogen) atoms. The van der Waals surface area contributed by atoms with Crippen LogP contribution < -0.4 is 5.32 Å². The van der Waals surface area contributed by atoms with Crippen molar-refractivity contribution in [3.63, 3.8) is 0 Å². The number of nitrogens with one attached hydrogen (secondary N) is 2. The zero-order valence-electron chi connectivity index (χ0n) is 8.56. The van der Waals surface area contributed by atoms with E-state index in [9.17, 15) is 5.11 Å². The Morgan fingerprint density at radius 3 is 3.00 bits per heavy atom. The van der Waals surface area contributed by atoms with Gasteiger partial charge in [0.1, 0.15) is 11.4 Å². The van der Waals surface area contributed by atoms with E-state index in [1.807, 2.05) is 13.0 Å². The number of aromatic hydroxyl groups is 1. The van der Waals surface area contributed by atoms with Crippen molar-refractivity contribution in [2.75, 3.05) is 5.32 Å². The number of phenolic OH excluding ortho intramolecular Hbond substituents is 1. The van der Waals surface area contributed by atoms with Crippen molar-refractivity contribution >= 4 is 23.7 Å². The van der Waals surface area contributed by atoms with Gasteiger partial charge in [-0.3, -0.25) is 5.10 Å². The number of aromatic amines is 1. The second-order valence-electron chi connectivity index (χ2n) is 3.25. The Kier molecular flexibility index (Phi) is 2.82. The molecular weight excluding hydrogens is 224 g/mol. The van der Waals surface area contributed by atoms with Crippen molar-refractivity contribution in [2.45, 2.75) is 6.92 Å². The van der Waals surface area contributed by atoms with Gasteiger partial charge in [0.25, 0.3) is 0 Å². The maximum atomic E-state index is 9.31. The molecule has 0 radical (unpaired) electrons. The van der Waals surface area contributed by atoms with Crippen LogP contribution in [0.2, 0.25) is 0 Å². The highest BCUT2D eigenvalue weighted by atomic mass is 32.1. The summed E-state index contributed by atoms with van der Waals surface area (Å²) in [7, 11) is 0. The molecule has 0 unspecified atom stereocenters. The number of nitrogens with zero attached hydrogens (tertiary/aromatic N) is 2. The minimum absolute atomic E-state index is 0.191. The van der Waals surface area contributed by atoms with Gasteiger partial charge in [-0.1, -0.05) is 6.07 Å². The molecule has 5 nitrogen and oxygen atoms in total. The lowest BCUT2D eigenvalue weighted by molar-refractivity contribution is 0.475. The fourth-order valence-electron chi connectivity index (χ4n) is 1.23. The van der Waals surface area contributed by atoms with E-state index in [2.05, 4.69) is 20.5 Å². The van der Waals surface area contributed by atoms with Gasteiger partial charge in [-0.05, 0) is 31.3 Å². The molecule has 1 aromatic carbocycles. The summed E-state index contributed by atoms with van der Waals surface area (Å²) in [5.74, 6) is 0.769. The van der Waals surface area contributed by atoms with Gasteiger partial charge in [-0.25, -0.2) is 0 Å². The standard InChI is InChI=1S/C10H10N4OS/c1-6-9(12-10(16)14-13-6)11-7-3-2-4-8(15)5-7/h2-5,15H,1H3,(H2,11,12,14,16). The van der Waals surface area contributed by atoms with Crippen molar-refractivity contribution in [2.24, 2.45) is 0 Å². The van der Waals surface area contributed by atoms with Crippen LogP contribution in [0.15, 0.2) is 24.3 Å². The van der Waals surface area contributed by atoms with Crippen LogP contribution in [0.1, 0.15) is 5.69 Å². The van der Waals surface area contributed by atoms with E-state index in [4.69, 9.17) is 12.2 Å². The average Bonchev–Trinajstić information content (AvgIpc) is 2.24. The lowest BCUT2D eigenvalue weighted by Crippen LogP contribution is -2.00. The summed E-state index contributed by atoms with van der Waals surface area (Å²) in [6.07, 6.45) is 0. The Labute approximate surface area is 97.2 Å². The van der Waals surface area contributed by atoms with E-state index in [-0.39, 0.29) is 5.75 Å². The SMILES string of the molecule is Cc1n[nH]c(=S)nc1Nc1cccc(O)c1. The van der Waals surface area contributed by atoms with Crippen molar-refractivity contribution in [3.8, 4) is 5.75 Å². The van der Waals surface area contributed by atoms with Crippen LogP contribution in [0.4, 0.5) is 11.5 Å². The summed E-state index contributed by atoms with van der Waals surface area (Å²) in [6, 6.07) is 6.76. The smallest absolute Gasteiger partial charge is 0.215 e. The largest absolute Gasteiger partial charge is 0.508 e. The Morgan fingerprint density at radius 1 is 1.44 bits per heavy atom. The van der Waals surface area contributed by atoms with Crippen molar-refractivity contribution in [3.05, 3.63) is 34.7 Å². The number of hydrogen-bond donors (Lipinski definition) is 3. The first kappa shape index (κ1) is 10.6. The Bertz CT molecular complexity index is 567. The molecule has 0 amide bonds. The van der Waals surface area contributed by atoms with Crippen LogP contribution in [0.25, 0.3) is 0 Å². The molecule has 0 bridgehead atoms. The highest BCUT2D eigenvalue weighted by Gasteiger charge is 2.02. The van der Waals surface area contributed by atoms with Gasteiger partial charge in [-0.15, -0.1) is 0 Å². The molecule has 0 aliphatic carbocycles. The molecule has 82 valence electrons. The van der Waals surface area contributed by atoms with E-state index in [0.29, 0.717) is 16.3 Å². The maximum Gasteiger partial charge on any atom is 0.215 e. The molecule has 2 rings (SSSR count). The third kappa shape index (κ3) is 2.34. The Hall–Kier alpha value is -1.95. The second kappa shape index (κ2) is 4.28. The van der Waals surface area contributed by atoms with Crippen molar-refractivity contribution in [1.29, 1.82) is 0 Å². The average molecular weight is 234 g/mol. The first-order valence-corrected chi connectivity index (χ1v) is 5.05. The van der Waals surface area contributed by atoms with Crippen LogP contribution in [0.3, 0.4) is 0 Å². The highest BCUT2D eigenvalue weighted by Crippen LogP contribution is 2.19. The van der Waals surface area contributed by atoms with Gasteiger partial charge in [-0.2, -0.15) is 10.1 Å². The third-order valence-electron chi connectivity index (χ3n) is 1.98. The number of aromatic nitrogens is 3. The molecule has 3 N–H and O–H groups in total. The first-order valence-electron chi connectivity index (χ1n) is 4.64. The number of aryl methyl sites for hydroxylation is 1. The van der Waals surface area contributed by atoms with E-state index < -0.39 is 0 Å². The minimum atomic E-state index is 0.191. The molecule has 1 aromatic heterocycles. The predicted molar refractivity (Wildman–Crippen MR) is 63.3 cm³/mol. The molecule has 0 spiro atoms. The van der Waals surface area contributed by atoms with Gasteiger partial charge >= 0.3 is 0 Å². The summed E-state index contributed by atoms with van der Waals surface area (Å²) >= 11 is 4.88. The fourth-order valence-corrected chi connectivity index (χ4v) is 1.37. The van der Waals surface area contributed by atoms with E-state index in [0.717, 1.165) is 5.69 Å². The lowest BCUT2D eigenvalue weighted by Gasteiger charge is -2.07. The maximum absolute atomic E-state index is 9.31. The van der Waals surface area contributed by atoms with E-state index in [1.54, 1.807) is 18.2 Å². The minimum Gasteiger partial charge on any atom is -0.508 e. The van der Waals surface area contributed by atoms with Gasteiger partial charge in [0, 0.05) is 11.8 Å². The molecule has 2 aromatic rings. The third-order valence-corrected chi connectivity index (χ3v) is 2.17. The Balaban J connectivity index is 2.33. The van der Waals surface area contributed by atoms with E-state index >= 15 is 0 Å². The molecule has 1 heterocycles. The molecular formula is C10H10N4OS. The Morgan fingerprint density at radius 2 is 2.25 bits per heavy atom. The number of benzene rings is 1. The molecule has 0 atom stereocenters. The zero-order valence-corrected chi connectivity index (χ0v) is 9.38. The molecule has 0 aliphatic rings. The topological polar surface area (TPSA) is 73.8 Å². The van der Waals surface area contributed by atoms with Gasteiger partial charge in [0.15, 0.2) is 5.82 Å². The molecule has 0 fully saturated rings. The zero-order chi connectivity index (χ0) is 11.5. The number of anilines is 2. The summed E-state index contributed by atoms with van der Waals surface area (Å²) < 4.78 is 0.313. The monoisotopic (exact) mass is 234 g/mol. The molecule has 0 saturated carbocycles. The van der Waals surface area contributed by atoms with Crippen LogP contribution >= 0.6 is 12.2 Å². The fraction of sp³-hybridized carbons (Fsp3) is 0.100. The summed E-state index contributed by atoms with van der Waals surface area (Å²) in [6.45, 7) is 1.81. The van der Waals surface area contributed by atoms with Crippen molar-refractivity contribution < 1.29 is 5.11 Å². The number of hydrogen-bond acceptors (Lipinski definition) is 5. The van der Waals surface area contributed by atoms with Crippen molar-refractivity contribution in [1.82, 2.24) is 15.2 Å². The molecule has 6 heteroatoms.